The maximum Gasteiger partial charge on any atom is 0.234 e. The lowest BCUT2D eigenvalue weighted by Gasteiger charge is -2.09. The molecule has 0 aliphatic carbocycles. The first-order chi connectivity index (χ1) is 15.4. The Labute approximate surface area is 201 Å². The van der Waals surface area contributed by atoms with E-state index in [1.807, 2.05) is 0 Å². The van der Waals surface area contributed by atoms with Crippen molar-refractivity contribution < 1.29 is 14.0 Å². The SMILES string of the molecule is C=CCn1c(CC(=O)Nc2ccc(F)cc2)nnc1SCC(=O)Nc1ccc(Br)c(Cl)c1. The van der Waals surface area contributed by atoms with Crippen LogP contribution in [0.2, 0.25) is 5.02 Å². The number of carbonyl (C=O) groups is 2. The van der Waals surface area contributed by atoms with E-state index in [1.54, 1.807) is 28.8 Å². The molecule has 0 spiro atoms. The van der Waals surface area contributed by atoms with E-state index in [4.69, 9.17) is 11.6 Å². The van der Waals surface area contributed by atoms with Crippen LogP contribution in [0.5, 0.6) is 0 Å². The lowest BCUT2D eigenvalue weighted by Crippen LogP contribution is -2.18. The van der Waals surface area contributed by atoms with Crippen LogP contribution in [0.1, 0.15) is 5.82 Å². The molecule has 0 saturated carbocycles. The van der Waals surface area contributed by atoms with Gasteiger partial charge in [0.2, 0.25) is 11.8 Å². The molecule has 0 aliphatic rings. The summed E-state index contributed by atoms with van der Waals surface area (Å²) in [6.45, 7) is 4.10. The summed E-state index contributed by atoms with van der Waals surface area (Å²) in [7, 11) is 0. The van der Waals surface area contributed by atoms with E-state index in [1.165, 1.54) is 36.0 Å². The standard InChI is InChI=1S/C21H18BrClFN5O2S/c1-2-9-29-18(11-19(30)25-14-5-3-13(24)4-6-14)27-28-21(29)32-12-20(31)26-15-7-8-16(22)17(23)10-15/h2-8,10H,1,9,11-12H2,(H,25,30)(H,26,31). The summed E-state index contributed by atoms with van der Waals surface area (Å²) in [4.78, 5) is 24.7. The number of hydrogen-bond acceptors (Lipinski definition) is 5. The van der Waals surface area contributed by atoms with Crippen molar-refractivity contribution in [3.8, 4) is 0 Å². The largest absolute Gasteiger partial charge is 0.326 e. The highest BCUT2D eigenvalue weighted by atomic mass is 79.9. The maximum absolute atomic E-state index is 13.0. The third-order valence-electron chi connectivity index (χ3n) is 4.09. The Balaban J connectivity index is 1.61. The van der Waals surface area contributed by atoms with Gasteiger partial charge in [-0.25, -0.2) is 4.39 Å². The van der Waals surface area contributed by atoms with Crippen LogP contribution in [0.4, 0.5) is 15.8 Å². The highest BCUT2D eigenvalue weighted by molar-refractivity contribution is 9.10. The number of allylic oxidation sites excluding steroid dienone is 1. The van der Waals surface area contributed by atoms with Crippen LogP contribution in [-0.2, 0) is 22.6 Å². The molecule has 1 heterocycles. The van der Waals surface area contributed by atoms with Gasteiger partial charge < -0.3 is 15.2 Å². The van der Waals surface area contributed by atoms with Crippen LogP contribution in [0.15, 0.2) is 64.7 Å². The van der Waals surface area contributed by atoms with Crippen LogP contribution in [0.25, 0.3) is 0 Å². The Hall–Kier alpha value is -2.69. The van der Waals surface area contributed by atoms with Gasteiger partial charge in [0, 0.05) is 22.4 Å². The van der Waals surface area contributed by atoms with Gasteiger partial charge >= 0.3 is 0 Å². The number of nitrogens with one attached hydrogen (secondary N) is 2. The van der Waals surface area contributed by atoms with Crippen LogP contribution in [-0.4, -0.2) is 32.3 Å². The minimum absolute atomic E-state index is 0.0393. The van der Waals surface area contributed by atoms with Crippen LogP contribution in [0.3, 0.4) is 0 Å². The van der Waals surface area contributed by atoms with Gasteiger partial charge in [0.25, 0.3) is 0 Å². The summed E-state index contributed by atoms with van der Waals surface area (Å²) in [6.07, 6.45) is 1.61. The number of anilines is 2. The molecule has 0 saturated heterocycles. The lowest BCUT2D eigenvalue weighted by molar-refractivity contribution is -0.116. The van der Waals surface area contributed by atoms with Crippen molar-refractivity contribution in [1.29, 1.82) is 0 Å². The zero-order valence-electron chi connectivity index (χ0n) is 16.6. The molecule has 7 nitrogen and oxygen atoms in total. The molecule has 2 aromatic carbocycles. The molecule has 2 N–H and O–H groups in total. The van der Waals surface area contributed by atoms with Crippen molar-refractivity contribution in [2.75, 3.05) is 16.4 Å². The average Bonchev–Trinajstić information content (AvgIpc) is 3.12. The lowest BCUT2D eigenvalue weighted by atomic mass is 10.3. The molecule has 0 bridgehead atoms. The first-order valence-electron chi connectivity index (χ1n) is 9.32. The van der Waals surface area contributed by atoms with Crippen LogP contribution < -0.4 is 10.6 Å². The van der Waals surface area contributed by atoms with Crippen molar-refractivity contribution in [3.63, 3.8) is 0 Å². The van der Waals surface area contributed by atoms with Crippen molar-refractivity contribution in [1.82, 2.24) is 14.8 Å². The van der Waals surface area contributed by atoms with Gasteiger partial charge in [-0.1, -0.05) is 29.4 Å². The molecule has 11 heteroatoms. The smallest absolute Gasteiger partial charge is 0.234 e. The number of rotatable bonds is 9. The molecule has 0 atom stereocenters. The Morgan fingerprint density at radius 1 is 1.12 bits per heavy atom. The molecule has 0 radical (unpaired) electrons. The van der Waals surface area contributed by atoms with Gasteiger partial charge in [0.1, 0.15) is 11.6 Å². The van der Waals surface area contributed by atoms with Gasteiger partial charge in [-0.05, 0) is 58.4 Å². The molecule has 0 unspecified atom stereocenters. The molecule has 0 aliphatic heterocycles. The summed E-state index contributed by atoms with van der Waals surface area (Å²) in [6, 6.07) is 10.6. The highest BCUT2D eigenvalue weighted by Crippen LogP contribution is 2.26. The third kappa shape index (κ3) is 6.65. The van der Waals surface area contributed by atoms with E-state index in [0.717, 1.165) is 4.47 Å². The number of benzene rings is 2. The molecule has 1 aromatic heterocycles. The molecule has 166 valence electrons. The Morgan fingerprint density at radius 3 is 2.50 bits per heavy atom. The first-order valence-corrected chi connectivity index (χ1v) is 11.5. The fraction of sp³-hybridized carbons (Fsp3) is 0.143. The van der Waals surface area contributed by atoms with Crippen LogP contribution >= 0.6 is 39.3 Å². The molecule has 3 rings (SSSR count). The number of hydrogen-bond donors (Lipinski definition) is 2. The fourth-order valence-electron chi connectivity index (χ4n) is 2.65. The van der Waals surface area contributed by atoms with Gasteiger partial charge in [0.05, 0.1) is 17.2 Å². The third-order valence-corrected chi connectivity index (χ3v) is 6.29. The van der Waals surface area contributed by atoms with Crippen LogP contribution in [0, 0.1) is 5.82 Å². The van der Waals surface area contributed by atoms with E-state index in [-0.39, 0.29) is 29.8 Å². The van der Waals surface area contributed by atoms with Crippen molar-refractivity contribution >= 4 is 62.5 Å². The second-order valence-corrected chi connectivity index (χ2v) is 8.70. The summed E-state index contributed by atoms with van der Waals surface area (Å²) in [5.41, 5.74) is 1.06. The number of thioether (sulfide) groups is 1. The van der Waals surface area contributed by atoms with Gasteiger partial charge in [-0.3, -0.25) is 9.59 Å². The van der Waals surface area contributed by atoms with E-state index >= 15 is 0 Å². The van der Waals surface area contributed by atoms with Crippen molar-refractivity contribution in [2.24, 2.45) is 0 Å². The summed E-state index contributed by atoms with van der Waals surface area (Å²) >= 11 is 10.5. The quantitative estimate of drug-likeness (QED) is 0.298. The van der Waals surface area contributed by atoms with Crippen molar-refractivity contribution in [3.05, 3.63) is 76.3 Å². The number of aromatic nitrogens is 3. The second kappa shape index (κ2) is 11.3. The zero-order chi connectivity index (χ0) is 23.1. The molecule has 0 fully saturated rings. The topological polar surface area (TPSA) is 88.9 Å². The minimum Gasteiger partial charge on any atom is -0.326 e. The molecular formula is C21H18BrClFN5O2S. The molecule has 2 amide bonds. The monoisotopic (exact) mass is 537 g/mol. The Bertz CT molecular complexity index is 1140. The highest BCUT2D eigenvalue weighted by Gasteiger charge is 2.16. The first kappa shape index (κ1) is 24.0. The van der Waals surface area contributed by atoms with Gasteiger partial charge in [0.15, 0.2) is 5.16 Å². The molecule has 3 aromatic rings. The van der Waals surface area contributed by atoms with E-state index in [2.05, 4.69) is 43.3 Å². The predicted octanol–water partition coefficient (Wildman–Crippen LogP) is 4.93. The number of nitrogens with zero attached hydrogens (tertiary/aromatic N) is 3. The summed E-state index contributed by atoms with van der Waals surface area (Å²) < 4.78 is 15.5. The van der Waals surface area contributed by atoms with Gasteiger partial charge in [-0.15, -0.1) is 16.8 Å². The molecular weight excluding hydrogens is 521 g/mol. The van der Waals surface area contributed by atoms with Crippen molar-refractivity contribution in [2.45, 2.75) is 18.1 Å². The normalized spacial score (nSPS) is 10.6. The van der Waals surface area contributed by atoms with E-state index in [9.17, 15) is 14.0 Å². The minimum atomic E-state index is -0.386. The maximum atomic E-state index is 13.0. The van der Waals surface area contributed by atoms with Gasteiger partial charge in [-0.2, -0.15) is 0 Å². The number of halogens is 3. The van der Waals surface area contributed by atoms with E-state index in [0.29, 0.717) is 33.9 Å². The summed E-state index contributed by atoms with van der Waals surface area (Å²) in [5, 5.41) is 14.6. The number of carbonyl (C=O) groups excluding carboxylic acids is 2. The fourth-order valence-corrected chi connectivity index (χ4v) is 3.85. The predicted molar refractivity (Wildman–Crippen MR) is 127 cm³/mol. The zero-order valence-corrected chi connectivity index (χ0v) is 19.8. The van der Waals surface area contributed by atoms with E-state index < -0.39 is 0 Å². The Morgan fingerprint density at radius 2 is 1.81 bits per heavy atom. The second-order valence-electron chi connectivity index (χ2n) is 6.50. The average molecular weight is 539 g/mol. The Kier molecular flexibility index (Phi) is 8.43. The summed E-state index contributed by atoms with van der Waals surface area (Å²) in [5.74, 6) is -0.437. The number of amides is 2. The molecule has 32 heavy (non-hydrogen) atoms.